The number of allylic oxidation sites excluding steroid dienone is 2. The van der Waals surface area contributed by atoms with Crippen molar-refractivity contribution in [2.75, 3.05) is 4.90 Å². The molecule has 7 rings (SSSR count). The minimum absolute atomic E-state index is 0. The number of fused-ring (bicyclic) bond motifs is 5. The summed E-state index contributed by atoms with van der Waals surface area (Å²) in [4.78, 5) is 18.7. The van der Waals surface area contributed by atoms with Crippen LogP contribution in [0.15, 0.2) is 145 Å². The van der Waals surface area contributed by atoms with Gasteiger partial charge in [0, 0.05) is 54.6 Å². The number of ketones is 1. The molecule has 0 aliphatic carbocycles. The molecule has 0 saturated carbocycles. The molecule has 0 aliphatic rings. The van der Waals surface area contributed by atoms with E-state index >= 15 is 0 Å². The molecule has 54 heavy (non-hydrogen) atoms. The Morgan fingerprint density at radius 2 is 1.19 bits per heavy atom. The monoisotopic (exact) mass is 890 g/mol. The molecule has 277 valence electrons. The average molecular weight is 890 g/mol. The third-order valence-electron chi connectivity index (χ3n) is 9.48. The van der Waals surface area contributed by atoms with E-state index < -0.39 is 5.41 Å². The van der Waals surface area contributed by atoms with Gasteiger partial charge < -0.3 is 15.0 Å². The number of hydrogen-bond donors (Lipinski definition) is 1. The number of hydrogen-bond acceptors (Lipinski definition) is 4. The van der Waals surface area contributed by atoms with E-state index in [9.17, 15) is 9.90 Å². The summed E-state index contributed by atoms with van der Waals surface area (Å²) in [5, 5.41) is 17.0. The zero-order valence-corrected chi connectivity index (χ0v) is 34.8. The molecule has 0 unspecified atom stereocenters. The van der Waals surface area contributed by atoms with Crippen LogP contribution in [0, 0.1) is 16.9 Å². The summed E-state index contributed by atoms with van der Waals surface area (Å²) in [6.07, 6.45) is 3.27. The van der Waals surface area contributed by atoms with Crippen molar-refractivity contribution in [3.63, 3.8) is 0 Å². The summed E-state index contributed by atoms with van der Waals surface area (Å²) >= 11 is 0. The summed E-state index contributed by atoms with van der Waals surface area (Å²) < 4.78 is 0. The van der Waals surface area contributed by atoms with Crippen molar-refractivity contribution >= 4 is 55.2 Å². The zero-order valence-electron chi connectivity index (χ0n) is 32.4. The van der Waals surface area contributed by atoms with Crippen LogP contribution in [-0.4, -0.2) is 15.9 Å². The van der Waals surface area contributed by atoms with E-state index in [2.05, 4.69) is 152 Å². The molecule has 4 nitrogen and oxygen atoms in total. The van der Waals surface area contributed by atoms with Crippen molar-refractivity contribution in [1.82, 2.24) is 4.98 Å². The van der Waals surface area contributed by atoms with Crippen LogP contribution in [0.5, 0.6) is 0 Å². The van der Waals surface area contributed by atoms with Gasteiger partial charge in [-0.05, 0) is 79.9 Å². The number of rotatable bonds is 6. The molecule has 1 heterocycles. The van der Waals surface area contributed by atoms with Crippen LogP contribution in [0.3, 0.4) is 0 Å². The van der Waals surface area contributed by atoms with E-state index in [0.29, 0.717) is 5.92 Å². The van der Waals surface area contributed by atoms with Crippen molar-refractivity contribution in [3.05, 3.63) is 157 Å². The van der Waals surface area contributed by atoms with Crippen molar-refractivity contribution in [2.45, 2.75) is 61.3 Å². The van der Waals surface area contributed by atoms with Crippen molar-refractivity contribution in [1.29, 1.82) is 0 Å². The number of carbonyl (C=O) groups is 1. The van der Waals surface area contributed by atoms with Crippen LogP contribution in [0.4, 0.5) is 17.1 Å². The van der Waals surface area contributed by atoms with Gasteiger partial charge in [0.25, 0.3) is 0 Å². The van der Waals surface area contributed by atoms with E-state index in [4.69, 9.17) is 4.98 Å². The van der Waals surface area contributed by atoms with Gasteiger partial charge in [-0.25, -0.2) is 0 Å². The van der Waals surface area contributed by atoms with Crippen LogP contribution in [0.2, 0.25) is 0 Å². The second-order valence-corrected chi connectivity index (χ2v) is 16.0. The molecule has 6 aromatic carbocycles. The first-order chi connectivity index (χ1) is 25.2. The fourth-order valence-electron chi connectivity index (χ4n) is 6.27. The molecule has 1 aromatic heterocycles. The van der Waals surface area contributed by atoms with E-state index in [0.717, 1.165) is 39.3 Å². The number of para-hydroxylation sites is 2. The summed E-state index contributed by atoms with van der Waals surface area (Å²) in [6.45, 7) is 15.6. The second kappa shape index (κ2) is 16.5. The smallest absolute Gasteiger partial charge is 0.164 e. The van der Waals surface area contributed by atoms with Gasteiger partial charge >= 0.3 is 0 Å². The van der Waals surface area contributed by atoms with Crippen LogP contribution in [0.1, 0.15) is 66.9 Å². The molecule has 0 atom stereocenters. The first-order valence-electron chi connectivity index (χ1n) is 18.3. The van der Waals surface area contributed by atoms with Gasteiger partial charge in [0.05, 0.1) is 0 Å². The summed E-state index contributed by atoms with van der Waals surface area (Å²) in [5.74, 6) is 0.418. The number of anilines is 3. The second-order valence-electron chi connectivity index (χ2n) is 16.0. The van der Waals surface area contributed by atoms with Crippen molar-refractivity contribution < 1.29 is 30.0 Å². The van der Waals surface area contributed by atoms with Gasteiger partial charge in [-0.2, -0.15) is 0 Å². The molecule has 0 saturated heterocycles. The van der Waals surface area contributed by atoms with Crippen molar-refractivity contribution in [3.8, 4) is 11.3 Å². The third kappa shape index (κ3) is 8.81. The zero-order chi connectivity index (χ0) is 37.9. The molecular formula is C49H49IrN2O2-. The minimum atomic E-state index is -0.417. The summed E-state index contributed by atoms with van der Waals surface area (Å²) in [7, 11) is 0. The first kappa shape index (κ1) is 40.1. The predicted octanol–water partition coefficient (Wildman–Crippen LogP) is 13.7. The molecule has 7 aromatic rings. The largest absolute Gasteiger partial charge is 0.512 e. The van der Waals surface area contributed by atoms with Gasteiger partial charge in [-0.3, -0.25) is 4.79 Å². The van der Waals surface area contributed by atoms with E-state index in [1.165, 1.54) is 33.0 Å². The van der Waals surface area contributed by atoms with Crippen LogP contribution in [-0.2, 0) is 24.9 Å². The van der Waals surface area contributed by atoms with Crippen LogP contribution in [0.25, 0.3) is 43.6 Å². The fraction of sp³-hybridized carbons (Fsp3) is 0.224. The number of aromatic nitrogens is 1. The Morgan fingerprint density at radius 1 is 0.648 bits per heavy atom. The number of carbonyl (C=O) groups excluding carboxylic acids is 1. The molecule has 5 heteroatoms. The molecule has 1 N–H and O–H groups in total. The van der Waals surface area contributed by atoms with Gasteiger partial charge in [0.2, 0.25) is 0 Å². The molecular weight excluding hydrogens is 841 g/mol. The molecule has 1 radical (unpaired) electrons. The van der Waals surface area contributed by atoms with Crippen LogP contribution < -0.4 is 4.90 Å². The standard InChI is InChI=1S/C38H29N2.C11H20O2.Ir/c1-26(2)28-23-29(25-32(24-28)40(30-12-5-3-6-13-30)31-14-7-4-8-15-31)38-37-20-19-34-33-16-10-9-11-27(33)17-18-35(34)36(37)21-22-39-38;1-10(2,3)8(12)7-9(13)11(4,5)6;/h3-22,24-26H,1-2H3;7,12H,1-6H3;/q-1;;/b;8-7-;. The number of benzene rings is 6. The number of nitrogens with zero attached hydrogens (tertiary/aromatic N) is 2. The number of aliphatic hydroxyl groups is 1. The molecule has 0 amide bonds. The maximum atomic E-state index is 11.5. The Bertz CT molecular complexity index is 2380. The van der Waals surface area contributed by atoms with Crippen molar-refractivity contribution in [2.24, 2.45) is 10.8 Å². The molecule has 0 bridgehead atoms. The van der Waals surface area contributed by atoms with E-state index in [-0.39, 0.29) is 37.1 Å². The Kier molecular flexibility index (Phi) is 12.3. The van der Waals surface area contributed by atoms with E-state index in [1.807, 2.05) is 47.7 Å². The van der Waals surface area contributed by atoms with E-state index in [1.54, 1.807) is 0 Å². The fourth-order valence-corrected chi connectivity index (χ4v) is 6.27. The molecule has 0 aliphatic heterocycles. The summed E-state index contributed by atoms with van der Waals surface area (Å²) in [6, 6.07) is 49.0. The molecule has 0 fully saturated rings. The SMILES string of the molecule is CC(C)(C)C(=O)/C=C(\O)C(C)(C)C.CC(C)c1[c-]c(-c2nccc3c2ccc2c4ccccc4ccc32)cc(N(c2ccccc2)c2ccccc2)c1.[Ir]. The van der Waals surface area contributed by atoms with Gasteiger partial charge in [0.15, 0.2) is 5.78 Å². The molecule has 0 spiro atoms. The maximum Gasteiger partial charge on any atom is 0.164 e. The number of pyridine rings is 1. The summed E-state index contributed by atoms with van der Waals surface area (Å²) in [5.41, 5.74) is 5.69. The van der Waals surface area contributed by atoms with Gasteiger partial charge in [0.1, 0.15) is 5.76 Å². The Morgan fingerprint density at radius 3 is 1.78 bits per heavy atom. The van der Waals surface area contributed by atoms with Crippen LogP contribution >= 0.6 is 0 Å². The average Bonchev–Trinajstić information content (AvgIpc) is 3.14. The Labute approximate surface area is 333 Å². The van der Waals surface area contributed by atoms with Gasteiger partial charge in [-0.15, -0.1) is 29.3 Å². The normalized spacial score (nSPS) is 12.0. The maximum absolute atomic E-state index is 11.5. The topological polar surface area (TPSA) is 53.4 Å². The predicted molar refractivity (Wildman–Crippen MR) is 224 cm³/mol. The van der Waals surface area contributed by atoms with Gasteiger partial charge in [-0.1, -0.05) is 140 Å². The third-order valence-corrected chi connectivity index (χ3v) is 9.48. The Balaban J connectivity index is 0.000000346. The quantitative estimate of drug-likeness (QED) is 0.0782. The number of aliphatic hydroxyl groups excluding tert-OH is 1. The first-order valence-corrected chi connectivity index (χ1v) is 18.3. The minimum Gasteiger partial charge on any atom is -0.512 e. The Hall–Kier alpha value is -5.09.